The lowest BCUT2D eigenvalue weighted by Crippen LogP contribution is -2.16. The van der Waals surface area contributed by atoms with E-state index in [-0.39, 0.29) is 5.02 Å². The van der Waals surface area contributed by atoms with Gasteiger partial charge in [-0.15, -0.1) is 0 Å². The van der Waals surface area contributed by atoms with E-state index >= 15 is 0 Å². The molecule has 0 spiro atoms. The third-order valence-electron chi connectivity index (χ3n) is 4.29. The Labute approximate surface area is 197 Å². The Morgan fingerprint density at radius 2 is 1.72 bits per heavy atom. The number of nitrogens with one attached hydrogen (secondary N) is 2. The topological polar surface area (TPSA) is 76.7 Å². The van der Waals surface area contributed by atoms with Crippen molar-refractivity contribution in [1.29, 1.82) is 0 Å². The molecule has 0 fully saturated rings. The first-order valence-electron chi connectivity index (χ1n) is 9.46. The van der Waals surface area contributed by atoms with E-state index in [2.05, 4.69) is 26.6 Å². The van der Waals surface area contributed by atoms with Gasteiger partial charge >= 0.3 is 0 Å². The molecule has 0 saturated heterocycles. The van der Waals surface area contributed by atoms with E-state index in [4.69, 9.17) is 21.1 Å². The Morgan fingerprint density at radius 1 is 0.969 bits per heavy atom. The maximum absolute atomic E-state index is 13.3. The van der Waals surface area contributed by atoms with Crippen molar-refractivity contribution >= 4 is 50.7 Å². The van der Waals surface area contributed by atoms with Crippen molar-refractivity contribution in [1.82, 2.24) is 0 Å². The smallest absolute Gasteiger partial charge is 0.259 e. The molecular weight excluding hydrogens is 503 g/mol. The van der Waals surface area contributed by atoms with Gasteiger partial charge in [0.1, 0.15) is 18.2 Å². The molecule has 0 aliphatic heterocycles. The summed E-state index contributed by atoms with van der Waals surface area (Å²) in [6.45, 7) is 0.676. The van der Waals surface area contributed by atoms with Gasteiger partial charge in [-0.05, 0) is 54.6 Å². The standard InChI is InChI=1S/C23H19BrClFN2O4/c1-31-9-10-32-21-8-5-15(24)12-18(21)23(30)28-16-4-2-3-14(11-16)22(29)27-17-6-7-20(26)19(25)13-17/h2-8,11-13H,9-10H2,1H3,(H,27,29)(H,28,30). The van der Waals surface area contributed by atoms with Crippen LogP contribution in [-0.2, 0) is 4.74 Å². The number of carbonyl (C=O) groups excluding carboxylic acids is 2. The molecule has 6 nitrogen and oxygen atoms in total. The number of benzene rings is 3. The SMILES string of the molecule is COCCOc1ccc(Br)cc1C(=O)Nc1cccc(C(=O)Nc2ccc(F)c(Cl)c2)c1. The Balaban J connectivity index is 1.74. The molecular formula is C23H19BrClFN2O4. The summed E-state index contributed by atoms with van der Waals surface area (Å²) in [5.74, 6) is -1.01. The van der Waals surface area contributed by atoms with E-state index in [1.165, 1.54) is 24.3 Å². The third kappa shape index (κ3) is 6.29. The number of carbonyl (C=O) groups is 2. The zero-order valence-corrected chi connectivity index (χ0v) is 19.3. The molecule has 2 amide bonds. The van der Waals surface area contributed by atoms with E-state index in [1.807, 2.05) is 0 Å². The number of hydrogen-bond donors (Lipinski definition) is 2. The van der Waals surface area contributed by atoms with Crippen LogP contribution >= 0.6 is 27.5 Å². The molecule has 3 aromatic carbocycles. The van der Waals surface area contributed by atoms with Crippen LogP contribution < -0.4 is 15.4 Å². The molecule has 3 aromatic rings. The van der Waals surface area contributed by atoms with Crippen LogP contribution in [0.4, 0.5) is 15.8 Å². The van der Waals surface area contributed by atoms with E-state index in [0.717, 1.165) is 0 Å². The summed E-state index contributed by atoms with van der Waals surface area (Å²) in [6.07, 6.45) is 0. The number of rotatable bonds is 8. The lowest BCUT2D eigenvalue weighted by atomic mass is 10.1. The van der Waals surface area contributed by atoms with Crippen molar-refractivity contribution in [3.63, 3.8) is 0 Å². The summed E-state index contributed by atoms with van der Waals surface area (Å²) in [5, 5.41) is 5.32. The van der Waals surface area contributed by atoms with Crippen LogP contribution in [0.15, 0.2) is 65.1 Å². The lowest BCUT2D eigenvalue weighted by molar-refractivity contribution is 0.101. The maximum atomic E-state index is 13.3. The highest BCUT2D eigenvalue weighted by Crippen LogP contribution is 2.25. The summed E-state index contributed by atoms with van der Waals surface area (Å²) in [7, 11) is 1.56. The first-order valence-corrected chi connectivity index (χ1v) is 10.6. The van der Waals surface area contributed by atoms with Gasteiger partial charge in [-0.3, -0.25) is 9.59 Å². The second-order valence-electron chi connectivity index (χ2n) is 6.60. The molecule has 3 rings (SSSR count). The van der Waals surface area contributed by atoms with Crippen molar-refractivity contribution in [2.24, 2.45) is 0 Å². The molecule has 0 aliphatic carbocycles. The highest BCUT2D eigenvalue weighted by Gasteiger charge is 2.15. The first kappa shape index (κ1) is 23.7. The fraction of sp³-hybridized carbons (Fsp3) is 0.130. The Kier molecular flexibility index (Phi) is 8.21. The highest BCUT2D eigenvalue weighted by atomic mass is 79.9. The number of ether oxygens (including phenoxy) is 2. The molecule has 0 unspecified atom stereocenters. The van der Waals surface area contributed by atoms with Crippen LogP contribution in [-0.4, -0.2) is 32.1 Å². The molecule has 0 aromatic heterocycles. The molecule has 32 heavy (non-hydrogen) atoms. The number of methoxy groups -OCH3 is 1. The third-order valence-corrected chi connectivity index (χ3v) is 5.07. The molecule has 0 bridgehead atoms. The Hall–Kier alpha value is -2.94. The summed E-state index contributed by atoms with van der Waals surface area (Å²) in [4.78, 5) is 25.4. The predicted molar refractivity (Wildman–Crippen MR) is 125 cm³/mol. The van der Waals surface area contributed by atoms with Gasteiger partial charge in [-0.25, -0.2) is 4.39 Å². The van der Waals surface area contributed by atoms with Crippen molar-refractivity contribution < 1.29 is 23.5 Å². The van der Waals surface area contributed by atoms with Gasteiger partial charge < -0.3 is 20.1 Å². The van der Waals surface area contributed by atoms with E-state index in [1.54, 1.807) is 43.5 Å². The van der Waals surface area contributed by atoms with Gasteiger partial charge in [0.2, 0.25) is 0 Å². The highest BCUT2D eigenvalue weighted by molar-refractivity contribution is 9.10. The van der Waals surface area contributed by atoms with Crippen LogP contribution in [0.25, 0.3) is 0 Å². The zero-order chi connectivity index (χ0) is 23.1. The Bertz CT molecular complexity index is 1140. The zero-order valence-electron chi connectivity index (χ0n) is 17.0. The first-order chi connectivity index (χ1) is 15.4. The van der Waals surface area contributed by atoms with Crippen LogP contribution in [0.2, 0.25) is 5.02 Å². The molecule has 9 heteroatoms. The van der Waals surface area contributed by atoms with Crippen molar-refractivity contribution in [3.05, 3.63) is 87.1 Å². The van der Waals surface area contributed by atoms with Gasteiger partial charge in [0.25, 0.3) is 11.8 Å². The van der Waals surface area contributed by atoms with Crippen molar-refractivity contribution in [2.45, 2.75) is 0 Å². The maximum Gasteiger partial charge on any atom is 0.259 e. The summed E-state index contributed by atoms with van der Waals surface area (Å²) in [5.41, 5.74) is 1.39. The van der Waals surface area contributed by atoms with E-state index in [0.29, 0.717) is 45.9 Å². The molecule has 2 N–H and O–H groups in total. The van der Waals surface area contributed by atoms with E-state index < -0.39 is 17.6 Å². The van der Waals surface area contributed by atoms with Gasteiger partial charge in [-0.2, -0.15) is 0 Å². The number of halogens is 3. The van der Waals surface area contributed by atoms with Gasteiger partial charge in [-0.1, -0.05) is 33.6 Å². The lowest BCUT2D eigenvalue weighted by Gasteiger charge is -2.13. The summed E-state index contributed by atoms with van der Waals surface area (Å²) in [6, 6.07) is 15.4. The summed E-state index contributed by atoms with van der Waals surface area (Å²) < 4.78 is 24.6. The number of hydrogen-bond acceptors (Lipinski definition) is 4. The van der Waals surface area contributed by atoms with Crippen LogP contribution in [0.1, 0.15) is 20.7 Å². The second kappa shape index (κ2) is 11.1. The average molecular weight is 522 g/mol. The van der Waals surface area contributed by atoms with Crippen molar-refractivity contribution in [2.75, 3.05) is 31.0 Å². The van der Waals surface area contributed by atoms with Gasteiger partial charge in [0.15, 0.2) is 0 Å². The molecule has 0 saturated carbocycles. The normalized spacial score (nSPS) is 10.5. The summed E-state index contributed by atoms with van der Waals surface area (Å²) >= 11 is 9.11. The van der Waals surface area contributed by atoms with E-state index in [9.17, 15) is 14.0 Å². The monoisotopic (exact) mass is 520 g/mol. The van der Waals surface area contributed by atoms with Crippen LogP contribution in [0.5, 0.6) is 5.75 Å². The molecule has 166 valence electrons. The predicted octanol–water partition coefficient (Wildman–Crippen LogP) is 5.77. The largest absolute Gasteiger partial charge is 0.490 e. The van der Waals surface area contributed by atoms with Crippen LogP contribution in [0, 0.1) is 5.82 Å². The minimum atomic E-state index is -0.576. The Morgan fingerprint density at radius 3 is 2.47 bits per heavy atom. The molecule has 0 radical (unpaired) electrons. The molecule has 0 heterocycles. The number of anilines is 2. The average Bonchev–Trinajstić information content (AvgIpc) is 2.77. The number of amides is 2. The minimum absolute atomic E-state index is 0.0960. The van der Waals surface area contributed by atoms with Crippen LogP contribution in [0.3, 0.4) is 0 Å². The minimum Gasteiger partial charge on any atom is -0.490 e. The van der Waals surface area contributed by atoms with Gasteiger partial charge in [0.05, 0.1) is 17.2 Å². The molecule has 0 atom stereocenters. The van der Waals surface area contributed by atoms with Crippen molar-refractivity contribution in [3.8, 4) is 5.75 Å². The quantitative estimate of drug-likeness (QED) is 0.369. The van der Waals surface area contributed by atoms with Gasteiger partial charge in [0, 0.05) is 28.5 Å². The molecule has 0 aliphatic rings. The second-order valence-corrected chi connectivity index (χ2v) is 7.92. The fourth-order valence-electron chi connectivity index (χ4n) is 2.75. The fourth-order valence-corrected chi connectivity index (χ4v) is 3.30.